The van der Waals surface area contributed by atoms with Gasteiger partial charge < -0.3 is 29.2 Å². The van der Waals surface area contributed by atoms with Gasteiger partial charge in [-0.25, -0.2) is 0 Å². The molecular formula is C12H10O8. The third kappa shape index (κ3) is 0.595. The first-order valence-electron chi connectivity index (χ1n) is 6.65. The molecule has 8 nitrogen and oxygen atoms in total. The number of fused-ring (bicyclic) bond motifs is 2. The molecule has 6 aliphatic rings. The molecule has 0 unspecified atom stereocenters. The van der Waals surface area contributed by atoms with E-state index in [0.29, 0.717) is 0 Å². The zero-order valence-electron chi connectivity index (χ0n) is 9.96. The Labute approximate surface area is 111 Å². The van der Waals surface area contributed by atoms with E-state index in [9.17, 15) is 19.8 Å². The van der Waals surface area contributed by atoms with E-state index in [2.05, 4.69) is 0 Å². The number of rotatable bonds is 0. The molecule has 2 N–H and O–H groups in total. The summed E-state index contributed by atoms with van der Waals surface area (Å²) in [5, 5.41) is 20.5. The summed E-state index contributed by atoms with van der Waals surface area (Å²) >= 11 is 0. The van der Waals surface area contributed by atoms with Crippen LogP contribution >= 0.6 is 0 Å². The monoisotopic (exact) mass is 282 g/mol. The van der Waals surface area contributed by atoms with Crippen molar-refractivity contribution in [2.75, 3.05) is 0 Å². The van der Waals surface area contributed by atoms with Crippen LogP contribution in [0.4, 0.5) is 0 Å². The topological polar surface area (TPSA) is 112 Å². The second-order valence-corrected chi connectivity index (χ2v) is 6.41. The summed E-state index contributed by atoms with van der Waals surface area (Å²) in [6.07, 6.45) is -6.97. The predicted octanol–water partition coefficient (Wildman–Crippen LogP) is -2.91. The van der Waals surface area contributed by atoms with Gasteiger partial charge in [0.1, 0.15) is 47.5 Å². The van der Waals surface area contributed by atoms with Gasteiger partial charge in [-0.2, -0.15) is 0 Å². The second kappa shape index (κ2) is 2.50. The second-order valence-electron chi connectivity index (χ2n) is 6.41. The van der Waals surface area contributed by atoms with E-state index in [1.54, 1.807) is 0 Å². The lowest BCUT2D eigenvalue weighted by atomic mass is 9.50. The van der Waals surface area contributed by atoms with Gasteiger partial charge in [0.05, 0.1) is 0 Å². The van der Waals surface area contributed by atoms with E-state index in [4.69, 9.17) is 18.9 Å². The number of carbonyl (C=O) groups excluding carboxylic acids is 2. The Bertz CT molecular complexity index is 552. The maximum absolute atomic E-state index is 12.5. The Kier molecular flexibility index (Phi) is 1.31. The summed E-state index contributed by atoms with van der Waals surface area (Å²) in [6, 6.07) is 0. The molecule has 0 aromatic heterocycles. The van der Waals surface area contributed by atoms with Crippen molar-refractivity contribution in [1.82, 2.24) is 0 Å². The van der Waals surface area contributed by atoms with Crippen LogP contribution in [0.25, 0.3) is 0 Å². The van der Waals surface area contributed by atoms with Crippen molar-refractivity contribution < 1.29 is 38.7 Å². The van der Waals surface area contributed by atoms with Crippen LogP contribution in [0.1, 0.15) is 0 Å². The van der Waals surface area contributed by atoms with Gasteiger partial charge in [0.25, 0.3) is 0 Å². The minimum atomic E-state index is -1.37. The van der Waals surface area contributed by atoms with Crippen molar-refractivity contribution in [3.8, 4) is 0 Å². The number of aliphatic hydroxyl groups is 2. The summed E-state index contributed by atoms with van der Waals surface area (Å²) in [5.74, 6) is -1.26. The quantitative estimate of drug-likeness (QED) is 0.455. The zero-order valence-corrected chi connectivity index (χ0v) is 9.96. The van der Waals surface area contributed by atoms with E-state index >= 15 is 0 Å². The lowest BCUT2D eigenvalue weighted by Crippen LogP contribution is -2.67. The summed E-state index contributed by atoms with van der Waals surface area (Å²) in [5.41, 5.74) is -2.73. The van der Waals surface area contributed by atoms with Gasteiger partial charge in [0.2, 0.25) is 0 Å². The molecule has 0 saturated carbocycles. The minimum Gasteiger partial charge on any atom is -0.456 e. The van der Waals surface area contributed by atoms with E-state index in [1.165, 1.54) is 0 Å². The molecule has 4 bridgehead atoms. The van der Waals surface area contributed by atoms with Crippen LogP contribution in [-0.4, -0.2) is 71.0 Å². The predicted molar refractivity (Wildman–Crippen MR) is 54.0 cm³/mol. The highest BCUT2D eigenvalue weighted by Crippen LogP contribution is 2.77. The van der Waals surface area contributed by atoms with E-state index in [0.717, 1.165) is 0 Å². The SMILES string of the molecule is O=C1O[C@@H]2[C@@H](O)[C@H]3O[C@@H]2[C@@]12[C@@H]1O[C@H]4[C@H](OC(=O)[C@]342)[C@H]1O. The molecular weight excluding hydrogens is 272 g/mol. The Morgan fingerprint density at radius 3 is 1.55 bits per heavy atom. The molecule has 6 aliphatic heterocycles. The van der Waals surface area contributed by atoms with Crippen molar-refractivity contribution >= 4 is 11.9 Å². The number of esters is 2. The van der Waals surface area contributed by atoms with E-state index in [-0.39, 0.29) is 0 Å². The van der Waals surface area contributed by atoms with Crippen molar-refractivity contribution in [2.45, 2.75) is 48.8 Å². The van der Waals surface area contributed by atoms with Crippen LogP contribution in [0, 0.1) is 10.8 Å². The molecule has 8 heteroatoms. The fraction of sp³-hybridized carbons (Fsp3) is 0.833. The van der Waals surface area contributed by atoms with E-state index < -0.39 is 71.6 Å². The molecule has 106 valence electrons. The maximum atomic E-state index is 12.5. The first-order valence-corrected chi connectivity index (χ1v) is 6.65. The summed E-state index contributed by atoms with van der Waals surface area (Å²) < 4.78 is 21.9. The highest BCUT2D eigenvalue weighted by Gasteiger charge is 2.98. The van der Waals surface area contributed by atoms with Gasteiger partial charge in [0.15, 0.2) is 12.2 Å². The standard InChI is InChI=1S/C12H10O8/c13-1-3-7-12(10(16)17-3)6-2(14)4-8(20-6)11(12,5(1)19-7)9(15)18-4/h1-8,13-14H/t1-,2-,3-,4-,5-,6-,7+,8+,11+,12+/m1/s1. The maximum Gasteiger partial charge on any atom is 0.319 e. The molecule has 2 spiro atoms. The summed E-state index contributed by atoms with van der Waals surface area (Å²) in [4.78, 5) is 25.0. The summed E-state index contributed by atoms with van der Waals surface area (Å²) in [7, 11) is 0. The highest BCUT2D eigenvalue weighted by atomic mass is 16.7. The van der Waals surface area contributed by atoms with Gasteiger partial charge >= 0.3 is 11.9 Å². The van der Waals surface area contributed by atoms with Gasteiger partial charge in [-0.05, 0) is 0 Å². The number of ether oxygens (including phenoxy) is 4. The molecule has 0 radical (unpaired) electrons. The first-order chi connectivity index (χ1) is 9.56. The Morgan fingerprint density at radius 2 is 1.15 bits per heavy atom. The smallest absolute Gasteiger partial charge is 0.319 e. The molecule has 0 aliphatic carbocycles. The van der Waals surface area contributed by atoms with Crippen LogP contribution in [0.5, 0.6) is 0 Å². The zero-order chi connectivity index (χ0) is 13.6. The van der Waals surface area contributed by atoms with Crippen molar-refractivity contribution in [3.05, 3.63) is 0 Å². The fourth-order valence-corrected chi connectivity index (χ4v) is 5.59. The van der Waals surface area contributed by atoms with Crippen molar-refractivity contribution in [1.29, 1.82) is 0 Å². The van der Waals surface area contributed by atoms with Crippen LogP contribution < -0.4 is 0 Å². The Morgan fingerprint density at radius 1 is 0.750 bits per heavy atom. The lowest BCUT2D eigenvalue weighted by Gasteiger charge is -2.41. The fourth-order valence-electron chi connectivity index (χ4n) is 5.59. The molecule has 6 fully saturated rings. The number of carbonyl (C=O) groups is 2. The van der Waals surface area contributed by atoms with Crippen LogP contribution in [0.15, 0.2) is 0 Å². The van der Waals surface area contributed by atoms with Gasteiger partial charge in [0, 0.05) is 0 Å². The van der Waals surface area contributed by atoms with E-state index in [1.807, 2.05) is 0 Å². The molecule has 10 atom stereocenters. The van der Waals surface area contributed by atoms with Gasteiger partial charge in [-0.1, -0.05) is 0 Å². The molecule has 6 heterocycles. The normalized spacial score (nSPS) is 70.5. The molecule has 0 aromatic rings. The summed E-state index contributed by atoms with van der Waals surface area (Å²) in [6.45, 7) is 0. The van der Waals surface area contributed by atoms with Crippen LogP contribution in [0.2, 0.25) is 0 Å². The average Bonchev–Trinajstić information content (AvgIpc) is 3.12. The Balaban J connectivity index is 1.74. The van der Waals surface area contributed by atoms with Gasteiger partial charge in [-0.15, -0.1) is 0 Å². The number of hydrogen-bond acceptors (Lipinski definition) is 8. The van der Waals surface area contributed by atoms with Gasteiger partial charge in [-0.3, -0.25) is 9.59 Å². The molecule has 0 amide bonds. The van der Waals surface area contributed by atoms with Crippen LogP contribution in [-0.2, 0) is 28.5 Å². The largest absolute Gasteiger partial charge is 0.456 e. The third-order valence-corrected chi connectivity index (χ3v) is 6.12. The number of aliphatic hydroxyl groups excluding tert-OH is 2. The molecule has 20 heavy (non-hydrogen) atoms. The lowest BCUT2D eigenvalue weighted by molar-refractivity contribution is -0.161. The minimum absolute atomic E-state index is 0.629. The van der Waals surface area contributed by atoms with Crippen molar-refractivity contribution in [2.24, 2.45) is 10.8 Å². The van der Waals surface area contributed by atoms with Crippen molar-refractivity contribution in [3.63, 3.8) is 0 Å². The molecule has 6 rings (SSSR count). The number of hydrogen-bond donors (Lipinski definition) is 2. The third-order valence-electron chi connectivity index (χ3n) is 6.12. The van der Waals surface area contributed by atoms with Crippen LogP contribution in [0.3, 0.4) is 0 Å². The molecule has 0 aromatic carbocycles. The highest BCUT2D eigenvalue weighted by molar-refractivity contribution is 5.97. The first kappa shape index (κ1) is 10.5. The average molecular weight is 282 g/mol. The molecule has 6 saturated heterocycles. The Hall–Kier alpha value is -1.22.